The van der Waals surface area contributed by atoms with Crippen molar-refractivity contribution in [3.05, 3.63) is 177 Å². The van der Waals surface area contributed by atoms with Crippen molar-refractivity contribution >= 4 is 10.8 Å². The molecule has 3 aliphatic rings. The number of benzene rings is 4. The molecule has 0 saturated heterocycles. The zero-order valence-electron chi connectivity index (χ0n) is 43.6. The van der Waals surface area contributed by atoms with E-state index in [1.165, 1.54) is 77.6 Å². The van der Waals surface area contributed by atoms with Gasteiger partial charge < -0.3 is 0 Å². The minimum atomic E-state index is 0.166. The predicted octanol–water partition coefficient (Wildman–Crippen LogP) is 18.7. The summed E-state index contributed by atoms with van der Waals surface area (Å²) < 4.78 is 0. The second-order valence-electron chi connectivity index (χ2n) is 25.8. The Morgan fingerprint density at radius 3 is 0.762 bits per heavy atom. The molecule has 0 amide bonds. The highest BCUT2D eigenvalue weighted by atomic mass is 14.4. The largest absolute Gasteiger partial charge is 0.0616 e. The lowest BCUT2D eigenvalue weighted by atomic mass is 9.65. The summed E-state index contributed by atoms with van der Waals surface area (Å²) in [6.45, 7) is 48.0. The fourth-order valence-corrected chi connectivity index (χ4v) is 8.64. The Labute approximate surface area is 386 Å². The minimum Gasteiger partial charge on any atom is -0.0616 e. The van der Waals surface area contributed by atoms with Gasteiger partial charge in [0.1, 0.15) is 0 Å². The van der Waals surface area contributed by atoms with E-state index in [1.807, 2.05) is 0 Å². The highest BCUT2D eigenvalue weighted by Gasteiger charge is 2.35. The molecule has 0 aliphatic heterocycles. The second kappa shape index (κ2) is 17.5. The molecule has 336 valence electrons. The van der Waals surface area contributed by atoms with Gasteiger partial charge in [0.2, 0.25) is 0 Å². The van der Waals surface area contributed by atoms with Crippen molar-refractivity contribution in [2.24, 2.45) is 22.2 Å². The zero-order chi connectivity index (χ0) is 47.3. The van der Waals surface area contributed by atoms with E-state index in [4.69, 9.17) is 0 Å². The Hall–Kier alpha value is -4.42. The van der Waals surface area contributed by atoms with Gasteiger partial charge >= 0.3 is 0 Å². The van der Waals surface area contributed by atoms with Crippen molar-refractivity contribution in [2.75, 3.05) is 0 Å². The maximum atomic E-state index is 2.44. The van der Waals surface area contributed by atoms with Crippen LogP contribution in [0.2, 0.25) is 0 Å². The molecule has 0 radical (unpaired) electrons. The maximum absolute atomic E-state index is 2.44. The summed E-state index contributed by atoms with van der Waals surface area (Å²) in [6, 6.07) is 31.3. The van der Waals surface area contributed by atoms with Crippen LogP contribution in [0.15, 0.2) is 155 Å². The average molecular weight is 841 g/mol. The van der Waals surface area contributed by atoms with Crippen LogP contribution >= 0.6 is 0 Å². The van der Waals surface area contributed by atoms with Crippen molar-refractivity contribution in [3.63, 3.8) is 0 Å². The molecule has 0 atom stereocenters. The number of fused-ring (bicyclic) bond motifs is 1. The molecule has 0 unspecified atom stereocenters. The van der Waals surface area contributed by atoms with Gasteiger partial charge in [-0.2, -0.15) is 0 Å². The van der Waals surface area contributed by atoms with Crippen molar-refractivity contribution in [3.8, 4) is 11.1 Å². The summed E-state index contributed by atoms with van der Waals surface area (Å²) in [7, 11) is 0. The first-order valence-electron chi connectivity index (χ1n) is 23.7. The van der Waals surface area contributed by atoms with Gasteiger partial charge in [-0.1, -0.05) is 267 Å². The highest BCUT2D eigenvalue weighted by Crippen LogP contribution is 2.49. The molecule has 0 N–H and O–H groups in total. The molecule has 0 bridgehead atoms. The van der Waals surface area contributed by atoms with E-state index < -0.39 is 0 Å². The number of rotatable bonds is 1. The first kappa shape index (κ1) is 49.6. The summed E-state index contributed by atoms with van der Waals surface area (Å²) in [4.78, 5) is 0. The van der Waals surface area contributed by atoms with Crippen LogP contribution in [0, 0.1) is 22.2 Å². The molecule has 3 aliphatic carbocycles. The average Bonchev–Trinajstić information content (AvgIpc) is 3.15. The van der Waals surface area contributed by atoms with Gasteiger partial charge in [-0.15, -0.1) is 0 Å². The van der Waals surface area contributed by atoms with Crippen LogP contribution < -0.4 is 0 Å². The standard InChI is InChI=1S/C25H34.C20H26.C18H24/c1-23(2,3)19-10-16-12-20(24(4,5)6)14-18-15-21(25(7,8)9)13-17(11-19)22(16)18;1-19(2,3)17-11-7-15(8-12-17)16-9-13-18(14-10-16)20(4,5)6;1-17(2,3)15-11-12-16(18(4,5)6)14-10-8-7-9-13(14)15/h10-15,22H,1-9H3;7-14H,1-6H3;7-12H,1-6H3. The molecule has 63 heavy (non-hydrogen) atoms. The lowest BCUT2D eigenvalue weighted by Gasteiger charge is -2.39. The smallest absolute Gasteiger partial charge is 0.0340 e. The molecule has 4 aromatic rings. The molecular weight excluding hydrogens is 757 g/mol. The lowest BCUT2D eigenvalue weighted by Crippen LogP contribution is -2.25. The van der Waals surface area contributed by atoms with Crippen LogP contribution in [-0.2, 0) is 21.7 Å². The first-order chi connectivity index (χ1) is 28.7. The van der Waals surface area contributed by atoms with Crippen LogP contribution in [0.4, 0.5) is 0 Å². The lowest BCUT2D eigenvalue weighted by molar-refractivity contribution is 0.501. The third-order valence-electron chi connectivity index (χ3n) is 12.9. The van der Waals surface area contributed by atoms with Crippen LogP contribution in [0.3, 0.4) is 0 Å². The molecule has 0 heteroatoms. The van der Waals surface area contributed by atoms with Crippen LogP contribution in [0.5, 0.6) is 0 Å². The van der Waals surface area contributed by atoms with E-state index in [-0.39, 0.29) is 37.9 Å². The predicted molar refractivity (Wildman–Crippen MR) is 281 cm³/mol. The Morgan fingerprint density at radius 2 is 0.540 bits per heavy atom. The fourth-order valence-electron chi connectivity index (χ4n) is 8.64. The van der Waals surface area contributed by atoms with Gasteiger partial charge in [0, 0.05) is 5.92 Å². The summed E-state index contributed by atoms with van der Waals surface area (Å²) in [5, 5.41) is 2.80. The second-order valence-corrected chi connectivity index (χ2v) is 25.8. The minimum absolute atomic E-state index is 0.166. The third kappa shape index (κ3) is 12.0. The van der Waals surface area contributed by atoms with Crippen LogP contribution in [0.1, 0.15) is 168 Å². The molecular formula is C63H84. The van der Waals surface area contributed by atoms with Gasteiger partial charge in [-0.05, 0) is 115 Å². The topological polar surface area (TPSA) is 0 Å². The SMILES string of the molecule is CC(C)(C)C1=CC2=CC(C(C)(C)C)=CC3=CC(C(C)(C)C)=CC(=C1)C23.CC(C)(C)c1ccc(-c2ccc(C(C)(C)C)cc2)cc1.CC(C)(C)c1ccc(C(C)(C)C)c2ccccc12. The Kier molecular flexibility index (Phi) is 13.8. The fraction of sp³-hybridized carbons (Fsp3) is 0.460. The quantitative estimate of drug-likeness (QED) is 0.179. The molecule has 0 fully saturated rings. The van der Waals surface area contributed by atoms with E-state index in [0.29, 0.717) is 5.92 Å². The van der Waals surface area contributed by atoms with Gasteiger partial charge in [-0.25, -0.2) is 0 Å². The molecule has 7 rings (SSSR count). The van der Waals surface area contributed by atoms with Crippen LogP contribution in [-0.4, -0.2) is 0 Å². The molecule has 0 aromatic heterocycles. The number of allylic oxidation sites excluding steroid dienone is 12. The summed E-state index contributed by atoms with van der Waals surface area (Å²) in [6.07, 6.45) is 14.6. The van der Waals surface area contributed by atoms with Crippen LogP contribution in [0.25, 0.3) is 21.9 Å². The monoisotopic (exact) mass is 841 g/mol. The maximum Gasteiger partial charge on any atom is 0.0340 e. The van der Waals surface area contributed by atoms with E-state index in [1.54, 1.807) is 0 Å². The van der Waals surface area contributed by atoms with E-state index in [0.717, 1.165) is 0 Å². The Bertz CT molecular complexity index is 2240. The summed E-state index contributed by atoms with van der Waals surface area (Å²) in [5.74, 6) is 0.420. The molecule has 4 aromatic carbocycles. The first-order valence-corrected chi connectivity index (χ1v) is 23.7. The molecule has 0 heterocycles. The Balaban J connectivity index is 0.000000181. The van der Waals surface area contributed by atoms with Gasteiger partial charge in [-0.3, -0.25) is 0 Å². The zero-order valence-corrected chi connectivity index (χ0v) is 43.6. The summed E-state index contributed by atoms with van der Waals surface area (Å²) >= 11 is 0. The molecule has 0 saturated carbocycles. The van der Waals surface area contributed by atoms with Crippen molar-refractivity contribution in [1.82, 2.24) is 0 Å². The number of hydrogen-bond acceptors (Lipinski definition) is 0. The van der Waals surface area contributed by atoms with Crippen molar-refractivity contribution in [1.29, 1.82) is 0 Å². The summed E-state index contributed by atoms with van der Waals surface area (Å²) in [5.41, 5.74) is 18.2. The van der Waals surface area contributed by atoms with Gasteiger partial charge in [0.25, 0.3) is 0 Å². The highest BCUT2D eigenvalue weighted by molar-refractivity contribution is 5.90. The molecule has 0 nitrogen and oxygen atoms in total. The third-order valence-corrected chi connectivity index (χ3v) is 12.9. The number of hydrogen-bond donors (Lipinski definition) is 0. The Morgan fingerprint density at radius 1 is 0.270 bits per heavy atom. The van der Waals surface area contributed by atoms with E-state index in [9.17, 15) is 0 Å². The van der Waals surface area contributed by atoms with Gasteiger partial charge in [0.15, 0.2) is 0 Å². The van der Waals surface area contributed by atoms with E-state index >= 15 is 0 Å². The van der Waals surface area contributed by atoms with E-state index in [2.05, 4.69) is 267 Å². The normalized spacial score (nSPS) is 16.2. The molecule has 0 spiro atoms. The van der Waals surface area contributed by atoms with Crippen molar-refractivity contribution < 1.29 is 0 Å². The van der Waals surface area contributed by atoms with Crippen molar-refractivity contribution in [2.45, 2.75) is 167 Å². The van der Waals surface area contributed by atoms with Gasteiger partial charge in [0.05, 0.1) is 0 Å².